The number of ether oxygens (including phenoxy) is 7. The van der Waals surface area contributed by atoms with Crippen LogP contribution in [0.25, 0.3) is 0 Å². The second kappa shape index (κ2) is 25.3. The van der Waals surface area contributed by atoms with Gasteiger partial charge in [0.25, 0.3) is 0 Å². The van der Waals surface area contributed by atoms with Crippen molar-refractivity contribution < 1.29 is 47.9 Å². The summed E-state index contributed by atoms with van der Waals surface area (Å²) in [6, 6.07) is 0. The molecule has 0 atom stereocenters. The van der Waals surface area contributed by atoms with Gasteiger partial charge in [-0.25, -0.2) is 0 Å². The predicted molar refractivity (Wildman–Crippen MR) is 121 cm³/mol. The molecule has 33 heavy (non-hydrogen) atoms. The standard InChI is InChI=1S/C22H43NO10/c1-23(2)7-8-27-9-10-28-11-12-29-13-14-30-15-16-31-17-18-32-19-20-33-22(26)6-4-3-5-21(24)25/h3-20H2,1-2H3,(H,24,25). The summed E-state index contributed by atoms with van der Waals surface area (Å²) in [4.78, 5) is 23.8. The number of rotatable bonds is 26. The van der Waals surface area contributed by atoms with Gasteiger partial charge in [0, 0.05) is 19.4 Å². The highest BCUT2D eigenvalue weighted by Crippen LogP contribution is 2.01. The highest BCUT2D eigenvalue weighted by molar-refractivity contribution is 5.69. The first-order valence-electron chi connectivity index (χ1n) is 11.5. The molecule has 0 aliphatic heterocycles. The summed E-state index contributed by atoms with van der Waals surface area (Å²) >= 11 is 0. The molecule has 11 heteroatoms. The molecule has 0 unspecified atom stereocenters. The van der Waals surface area contributed by atoms with E-state index < -0.39 is 5.97 Å². The molecular weight excluding hydrogens is 438 g/mol. The van der Waals surface area contributed by atoms with Crippen LogP contribution in [0, 0.1) is 0 Å². The van der Waals surface area contributed by atoms with Crippen LogP contribution in [0.2, 0.25) is 0 Å². The fraction of sp³-hybridized carbons (Fsp3) is 0.909. The van der Waals surface area contributed by atoms with Crippen LogP contribution in [0.1, 0.15) is 25.7 Å². The quantitative estimate of drug-likeness (QED) is 0.140. The maximum atomic E-state index is 11.4. The summed E-state index contributed by atoms with van der Waals surface area (Å²) in [5.74, 6) is -1.19. The van der Waals surface area contributed by atoms with E-state index in [1.807, 2.05) is 14.1 Å². The van der Waals surface area contributed by atoms with Crippen LogP contribution in [-0.2, 0) is 42.7 Å². The van der Waals surface area contributed by atoms with Crippen LogP contribution in [-0.4, -0.2) is 128 Å². The summed E-state index contributed by atoms with van der Waals surface area (Å²) in [7, 11) is 4.02. The molecule has 0 fully saturated rings. The molecule has 0 saturated heterocycles. The van der Waals surface area contributed by atoms with Crippen molar-refractivity contribution >= 4 is 11.9 Å². The molecule has 1 N–H and O–H groups in total. The third-order valence-electron chi connectivity index (χ3n) is 4.06. The van der Waals surface area contributed by atoms with Crippen molar-refractivity contribution in [1.29, 1.82) is 0 Å². The van der Waals surface area contributed by atoms with Crippen LogP contribution in [0.4, 0.5) is 0 Å². The molecule has 0 aromatic rings. The lowest BCUT2D eigenvalue weighted by molar-refractivity contribution is -0.146. The Bertz CT molecular complexity index is 451. The molecule has 0 aliphatic carbocycles. The number of esters is 1. The van der Waals surface area contributed by atoms with Gasteiger partial charge in [0.1, 0.15) is 6.61 Å². The molecule has 0 aromatic carbocycles. The maximum Gasteiger partial charge on any atom is 0.305 e. The Kier molecular flexibility index (Phi) is 24.3. The Labute approximate surface area is 197 Å². The molecule has 0 aliphatic rings. The zero-order valence-electron chi connectivity index (χ0n) is 20.3. The fourth-order valence-electron chi connectivity index (χ4n) is 2.28. The van der Waals surface area contributed by atoms with E-state index in [1.165, 1.54) is 0 Å². The molecule has 11 nitrogen and oxygen atoms in total. The third-order valence-corrected chi connectivity index (χ3v) is 4.06. The minimum atomic E-state index is -0.857. The SMILES string of the molecule is CN(C)CCOCCOCCOCCOCCOCCOCCOC(=O)CCCCC(=O)O. The van der Waals surface area contributed by atoms with E-state index in [0.29, 0.717) is 92.1 Å². The number of unbranched alkanes of at least 4 members (excludes halogenated alkanes) is 1. The highest BCUT2D eigenvalue weighted by atomic mass is 16.6. The van der Waals surface area contributed by atoms with Gasteiger partial charge in [-0.3, -0.25) is 9.59 Å². The minimum Gasteiger partial charge on any atom is -0.481 e. The van der Waals surface area contributed by atoms with E-state index in [4.69, 9.17) is 38.3 Å². The Morgan fingerprint density at radius 3 is 1.33 bits per heavy atom. The largest absolute Gasteiger partial charge is 0.481 e. The number of carbonyl (C=O) groups is 2. The zero-order valence-corrected chi connectivity index (χ0v) is 20.3. The van der Waals surface area contributed by atoms with E-state index in [9.17, 15) is 9.59 Å². The Hall–Kier alpha value is -1.34. The first kappa shape index (κ1) is 31.7. The first-order chi connectivity index (χ1) is 16.0. The molecule has 0 spiro atoms. The lowest BCUT2D eigenvalue weighted by atomic mass is 10.2. The summed E-state index contributed by atoms with van der Waals surface area (Å²) < 4.78 is 37.3. The lowest BCUT2D eigenvalue weighted by Gasteiger charge is -2.10. The van der Waals surface area contributed by atoms with Crippen molar-refractivity contribution in [3.8, 4) is 0 Å². The lowest BCUT2D eigenvalue weighted by Crippen LogP contribution is -2.19. The molecule has 0 saturated carbocycles. The molecule has 0 bridgehead atoms. The summed E-state index contributed by atoms with van der Waals surface area (Å²) in [5, 5.41) is 8.51. The predicted octanol–water partition coefficient (Wildman–Crippen LogP) is 0.836. The van der Waals surface area contributed by atoms with Gasteiger partial charge in [0.15, 0.2) is 0 Å². The van der Waals surface area contributed by atoms with Gasteiger partial charge in [0.05, 0.1) is 79.3 Å². The van der Waals surface area contributed by atoms with Gasteiger partial charge in [-0.1, -0.05) is 0 Å². The van der Waals surface area contributed by atoms with E-state index in [1.54, 1.807) is 0 Å². The van der Waals surface area contributed by atoms with Crippen molar-refractivity contribution in [2.24, 2.45) is 0 Å². The Morgan fingerprint density at radius 2 is 0.939 bits per heavy atom. The summed E-state index contributed by atoms with van der Waals surface area (Å²) in [6.07, 6.45) is 1.27. The van der Waals surface area contributed by atoms with E-state index in [2.05, 4.69) is 4.90 Å². The Balaban J connectivity index is 3.11. The molecule has 0 rings (SSSR count). The van der Waals surface area contributed by atoms with Gasteiger partial charge >= 0.3 is 11.9 Å². The van der Waals surface area contributed by atoms with E-state index >= 15 is 0 Å². The molecule has 0 heterocycles. The Morgan fingerprint density at radius 1 is 0.576 bits per heavy atom. The van der Waals surface area contributed by atoms with Crippen LogP contribution in [0.15, 0.2) is 0 Å². The van der Waals surface area contributed by atoms with E-state index in [-0.39, 0.29) is 25.4 Å². The maximum absolute atomic E-state index is 11.4. The van der Waals surface area contributed by atoms with Crippen LogP contribution < -0.4 is 0 Å². The van der Waals surface area contributed by atoms with Gasteiger partial charge in [-0.2, -0.15) is 0 Å². The molecule has 0 radical (unpaired) electrons. The van der Waals surface area contributed by atoms with Crippen LogP contribution in [0.5, 0.6) is 0 Å². The van der Waals surface area contributed by atoms with Crippen molar-refractivity contribution in [3.05, 3.63) is 0 Å². The van der Waals surface area contributed by atoms with Gasteiger partial charge < -0.3 is 43.2 Å². The van der Waals surface area contributed by atoms with Crippen LogP contribution >= 0.6 is 0 Å². The van der Waals surface area contributed by atoms with Crippen molar-refractivity contribution in [3.63, 3.8) is 0 Å². The van der Waals surface area contributed by atoms with Crippen molar-refractivity contribution in [2.45, 2.75) is 25.7 Å². The second-order valence-electron chi connectivity index (χ2n) is 7.30. The topological polar surface area (TPSA) is 122 Å². The number of hydrogen-bond donors (Lipinski definition) is 1. The third kappa shape index (κ3) is 28.6. The number of hydrogen-bond acceptors (Lipinski definition) is 10. The number of likely N-dealkylation sites (N-methyl/N-ethyl adjacent to an activating group) is 1. The highest BCUT2D eigenvalue weighted by Gasteiger charge is 2.04. The van der Waals surface area contributed by atoms with E-state index in [0.717, 1.165) is 6.54 Å². The summed E-state index contributed by atoms with van der Waals surface area (Å²) in [5.41, 5.74) is 0. The van der Waals surface area contributed by atoms with Gasteiger partial charge in [0.2, 0.25) is 0 Å². The number of carbonyl (C=O) groups excluding carboxylic acids is 1. The summed E-state index contributed by atoms with van der Waals surface area (Å²) in [6.45, 7) is 7.07. The monoisotopic (exact) mass is 481 g/mol. The smallest absolute Gasteiger partial charge is 0.305 e. The molecule has 196 valence electrons. The number of carboxylic acid groups (broad SMARTS) is 1. The molecule has 0 amide bonds. The van der Waals surface area contributed by atoms with Crippen molar-refractivity contribution in [2.75, 3.05) is 107 Å². The van der Waals surface area contributed by atoms with Gasteiger partial charge in [-0.15, -0.1) is 0 Å². The van der Waals surface area contributed by atoms with Gasteiger partial charge in [-0.05, 0) is 26.9 Å². The minimum absolute atomic E-state index is 0.0686. The average molecular weight is 482 g/mol. The fourth-order valence-corrected chi connectivity index (χ4v) is 2.28. The molecule has 0 aromatic heterocycles. The molecular formula is C22H43NO10. The number of nitrogens with zero attached hydrogens (tertiary/aromatic N) is 1. The zero-order chi connectivity index (χ0) is 24.4. The number of carboxylic acids is 1. The normalized spacial score (nSPS) is 11.2. The van der Waals surface area contributed by atoms with Crippen LogP contribution in [0.3, 0.4) is 0 Å². The first-order valence-corrected chi connectivity index (χ1v) is 11.5. The average Bonchev–Trinajstić information content (AvgIpc) is 2.77. The number of aliphatic carboxylic acids is 1. The van der Waals surface area contributed by atoms with Crippen molar-refractivity contribution in [1.82, 2.24) is 4.90 Å². The second-order valence-corrected chi connectivity index (χ2v) is 7.30.